The molecule has 1 amide bonds. The van der Waals surface area contributed by atoms with E-state index in [0.29, 0.717) is 18.2 Å². The van der Waals surface area contributed by atoms with Crippen molar-refractivity contribution in [1.29, 1.82) is 0 Å². The largest absolute Gasteiger partial charge is 0.412 e. The Bertz CT molecular complexity index is 662. The molecule has 0 saturated carbocycles. The minimum absolute atomic E-state index is 0. The zero-order valence-corrected chi connectivity index (χ0v) is 14.5. The Morgan fingerprint density at radius 1 is 1.30 bits per heavy atom. The first-order valence-electron chi connectivity index (χ1n) is 7.36. The van der Waals surface area contributed by atoms with E-state index in [-0.39, 0.29) is 29.5 Å². The van der Waals surface area contributed by atoms with Gasteiger partial charge in [-0.15, -0.1) is 22.6 Å². The Morgan fingerprint density at radius 3 is 2.61 bits per heavy atom. The molecule has 0 atom stereocenters. The van der Waals surface area contributed by atoms with Crippen LogP contribution in [0.15, 0.2) is 18.2 Å². The number of fused-ring (bicyclic) bond motifs is 1. The van der Waals surface area contributed by atoms with Gasteiger partial charge in [0.05, 0.1) is 11.2 Å². The Labute approximate surface area is 142 Å². The van der Waals surface area contributed by atoms with E-state index >= 15 is 0 Å². The van der Waals surface area contributed by atoms with E-state index in [2.05, 4.69) is 29.4 Å². The molecule has 0 aliphatic carbocycles. The Morgan fingerprint density at radius 2 is 2.00 bits per heavy atom. The van der Waals surface area contributed by atoms with Crippen LogP contribution in [0.4, 0.5) is 5.69 Å². The van der Waals surface area contributed by atoms with Gasteiger partial charge in [-0.05, 0) is 24.3 Å². The summed E-state index contributed by atoms with van der Waals surface area (Å²) in [6.45, 7) is 6.91. The maximum Gasteiger partial charge on any atom is 0.273 e. The van der Waals surface area contributed by atoms with Gasteiger partial charge in [0.2, 0.25) is 0 Å². The van der Waals surface area contributed by atoms with Gasteiger partial charge in [0.25, 0.3) is 5.91 Å². The van der Waals surface area contributed by atoms with Gasteiger partial charge < -0.3 is 16.5 Å². The molecule has 7 heteroatoms. The molecule has 0 unspecified atom stereocenters. The third-order valence-corrected chi connectivity index (χ3v) is 3.29. The average Bonchev–Trinajstić information content (AvgIpc) is 2.45. The average molecular weight is 341 g/mol. The van der Waals surface area contributed by atoms with Crippen LogP contribution >= 0.6 is 12.4 Å². The number of nitrogen functional groups attached to an aromatic ring is 1. The van der Waals surface area contributed by atoms with E-state index in [0.717, 1.165) is 29.3 Å². The topological polar surface area (TPSA) is 112 Å². The van der Waals surface area contributed by atoms with E-state index in [1.807, 2.05) is 25.1 Å². The smallest absolute Gasteiger partial charge is 0.273 e. The minimum Gasteiger partial charge on any atom is -0.412 e. The van der Waals surface area contributed by atoms with Gasteiger partial charge in [-0.2, -0.15) is 0 Å². The van der Waals surface area contributed by atoms with E-state index in [4.69, 9.17) is 5.73 Å². The van der Waals surface area contributed by atoms with Crippen LogP contribution in [0.3, 0.4) is 0 Å². The first-order valence-corrected chi connectivity index (χ1v) is 7.36. The normalized spacial score (nSPS) is 10.1. The van der Waals surface area contributed by atoms with Crippen LogP contribution in [0, 0.1) is 5.92 Å². The van der Waals surface area contributed by atoms with Crippen molar-refractivity contribution in [3.8, 4) is 0 Å². The molecule has 0 radical (unpaired) electrons. The van der Waals surface area contributed by atoms with Crippen LogP contribution in [0.25, 0.3) is 10.9 Å². The molecule has 23 heavy (non-hydrogen) atoms. The molecule has 1 aromatic carbocycles. The monoisotopic (exact) mass is 340 g/mol. The molecule has 0 spiro atoms. The Balaban J connectivity index is 0.00000242. The van der Waals surface area contributed by atoms with Gasteiger partial charge >= 0.3 is 0 Å². The molecule has 0 aliphatic heterocycles. The van der Waals surface area contributed by atoms with E-state index < -0.39 is 0 Å². The number of benzene rings is 1. The summed E-state index contributed by atoms with van der Waals surface area (Å²) < 4.78 is 0. The number of carbonyl (C=O) groups is 1. The lowest BCUT2D eigenvalue weighted by Gasteiger charge is -2.11. The summed E-state index contributed by atoms with van der Waals surface area (Å²) in [6.07, 6.45) is 1.78. The number of carbonyl (C=O) groups excluding carboxylic acids is 1. The molecule has 0 saturated heterocycles. The summed E-state index contributed by atoms with van der Waals surface area (Å²) in [6, 6.07) is 5.87. The summed E-state index contributed by atoms with van der Waals surface area (Å²) in [5, 5.41) is 11.8. The zero-order valence-electron chi connectivity index (χ0n) is 13.7. The maximum absolute atomic E-state index is 12.0. The van der Waals surface area contributed by atoms with Gasteiger partial charge in [0.15, 0.2) is 5.69 Å². The predicted molar refractivity (Wildman–Crippen MR) is 96.0 cm³/mol. The number of nitrogens with two attached hydrogens (primary N) is 1. The van der Waals surface area contributed by atoms with Crippen molar-refractivity contribution in [2.45, 2.75) is 33.6 Å². The van der Waals surface area contributed by atoms with E-state index in [1.54, 1.807) is 0 Å². The van der Waals surface area contributed by atoms with Crippen molar-refractivity contribution in [1.82, 2.24) is 15.5 Å². The lowest BCUT2D eigenvalue weighted by Crippen LogP contribution is -2.26. The molecule has 2 rings (SSSR count). The number of hydrogen-bond acceptors (Lipinski definition) is 4. The summed E-state index contributed by atoms with van der Waals surface area (Å²) in [4.78, 5) is 12.0. The highest BCUT2D eigenvalue weighted by Gasteiger charge is 2.16. The summed E-state index contributed by atoms with van der Waals surface area (Å²) in [5.41, 5.74) is 8.64. The summed E-state index contributed by atoms with van der Waals surface area (Å²) in [5.74, 6) is 0.254. The Kier molecular flexibility index (Phi) is 8.50. The molecule has 0 fully saturated rings. The van der Waals surface area contributed by atoms with Crippen LogP contribution < -0.4 is 11.1 Å². The Hall–Kier alpha value is -1.92. The van der Waals surface area contributed by atoms with Crippen molar-refractivity contribution in [3.63, 3.8) is 0 Å². The second-order valence-electron chi connectivity index (χ2n) is 5.63. The number of halogens is 1. The van der Waals surface area contributed by atoms with Crippen LogP contribution in [-0.2, 0) is 6.42 Å². The highest BCUT2D eigenvalue weighted by atomic mass is 35.5. The van der Waals surface area contributed by atoms with Gasteiger partial charge in [0, 0.05) is 11.9 Å². The van der Waals surface area contributed by atoms with Gasteiger partial charge in [-0.1, -0.05) is 39.0 Å². The molecule has 1 heterocycles. The molecule has 0 bridgehead atoms. The van der Waals surface area contributed by atoms with Crippen molar-refractivity contribution in [3.05, 3.63) is 29.5 Å². The number of anilines is 1. The fourth-order valence-electron chi connectivity index (χ4n) is 2.30. The number of rotatable bonds is 5. The molecule has 0 aliphatic rings. The van der Waals surface area contributed by atoms with E-state index in [1.165, 1.54) is 0 Å². The first-order chi connectivity index (χ1) is 10.0. The second kappa shape index (κ2) is 9.27. The minimum atomic E-state index is -0.266. The van der Waals surface area contributed by atoms with Crippen LogP contribution in [0.5, 0.6) is 0 Å². The quantitative estimate of drug-likeness (QED) is 0.868. The van der Waals surface area contributed by atoms with Crippen LogP contribution in [-0.4, -0.2) is 28.1 Å². The standard InChI is InChI=1S/C16H22N4O.ClH.H2O/c1-4-8-18-16(21)15-13(17)12-7-5-6-11(9-10(2)3)14(12)19-20-15;;/h5-7,10H,4,8-9H2,1-3H3,(H2,17,19)(H,18,21);1H;1H2. The predicted octanol–water partition coefficient (Wildman–Crippen LogP) is 2.15. The summed E-state index contributed by atoms with van der Waals surface area (Å²) in [7, 11) is 0. The lowest BCUT2D eigenvalue weighted by molar-refractivity contribution is 0.0949. The highest BCUT2D eigenvalue weighted by molar-refractivity contribution is 6.04. The van der Waals surface area contributed by atoms with Gasteiger partial charge in [0.1, 0.15) is 0 Å². The zero-order chi connectivity index (χ0) is 15.4. The van der Waals surface area contributed by atoms with E-state index in [9.17, 15) is 4.79 Å². The fraction of sp³-hybridized carbons (Fsp3) is 0.438. The number of aromatic nitrogens is 2. The molecule has 6 nitrogen and oxygen atoms in total. The summed E-state index contributed by atoms with van der Waals surface area (Å²) >= 11 is 0. The number of nitrogens with zero attached hydrogens (tertiary/aromatic N) is 2. The first kappa shape index (κ1) is 21.1. The van der Waals surface area contributed by atoms with Gasteiger partial charge in [-0.25, -0.2) is 0 Å². The van der Waals surface area contributed by atoms with Crippen LogP contribution in [0.2, 0.25) is 0 Å². The van der Waals surface area contributed by atoms with Crippen molar-refractivity contribution in [2.75, 3.05) is 12.3 Å². The van der Waals surface area contributed by atoms with Crippen molar-refractivity contribution >= 4 is 34.9 Å². The molecule has 1 aromatic heterocycles. The lowest BCUT2D eigenvalue weighted by atomic mass is 9.99. The fourth-order valence-corrected chi connectivity index (χ4v) is 2.30. The number of nitrogens with one attached hydrogen (secondary N) is 1. The van der Waals surface area contributed by atoms with Crippen molar-refractivity contribution in [2.24, 2.45) is 5.92 Å². The molecular formula is C16H25ClN4O2. The highest BCUT2D eigenvalue weighted by Crippen LogP contribution is 2.25. The second-order valence-corrected chi connectivity index (χ2v) is 5.63. The maximum atomic E-state index is 12.0. The molecular weight excluding hydrogens is 316 g/mol. The molecule has 2 aromatic rings. The number of amides is 1. The number of hydrogen-bond donors (Lipinski definition) is 2. The SMILES string of the molecule is CCCNC(=O)c1nnc2c(CC(C)C)cccc2c1N.Cl.O. The third-order valence-electron chi connectivity index (χ3n) is 3.29. The van der Waals surface area contributed by atoms with Crippen LogP contribution in [0.1, 0.15) is 43.2 Å². The molecule has 5 N–H and O–H groups in total. The molecule has 128 valence electrons. The van der Waals surface area contributed by atoms with Crippen molar-refractivity contribution < 1.29 is 10.3 Å². The van der Waals surface area contributed by atoms with Gasteiger partial charge in [-0.3, -0.25) is 4.79 Å². The third kappa shape index (κ3) is 4.77.